The first-order valence-corrected chi connectivity index (χ1v) is 8.04. The summed E-state index contributed by atoms with van der Waals surface area (Å²) in [5, 5.41) is 3.01. The fraction of sp³-hybridized carbons (Fsp3) is 0.867. The normalized spacial score (nSPS) is 26.2. The summed E-state index contributed by atoms with van der Waals surface area (Å²) in [6, 6.07) is 0.391. The molecule has 3 amide bonds. The highest BCUT2D eigenvalue weighted by Crippen LogP contribution is 2.34. The molecule has 20 heavy (non-hydrogen) atoms. The summed E-state index contributed by atoms with van der Waals surface area (Å²) in [6.45, 7) is 3.46. The summed E-state index contributed by atoms with van der Waals surface area (Å²) in [4.78, 5) is 28.7. The van der Waals surface area contributed by atoms with Crippen LogP contribution in [0.15, 0.2) is 0 Å². The van der Waals surface area contributed by atoms with Crippen LogP contribution in [-0.4, -0.2) is 46.5 Å². The van der Waals surface area contributed by atoms with Gasteiger partial charge in [-0.3, -0.25) is 9.69 Å². The Kier molecular flexibility index (Phi) is 3.71. The number of hydrogen-bond donors (Lipinski definition) is 1. The Bertz CT molecular complexity index is 398. The first kappa shape index (κ1) is 13.9. The average molecular weight is 279 g/mol. The molecule has 1 spiro atoms. The van der Waals surface area contributed by atoms with E-state index in [1.807, 2.05) is 0 Å². The molecule has 1 saturated heterocycles. The number of nitrogens with one attached hydrogen (secondary N) is 1. The van der Waals surface area contributed by atoms with Crippen LogP contribution in [-0.2, 0) is 4.79 Å². The molecule has 5 nitrogen and oxygen atoms in total. The van der Waals surface area contributed by atoms with Gasteiger partial charge in [-0.25, -0.2) is 9.69 Å². The molecule has 3 rings (SSSR count). The monoisotopic (exact) mass is 279 g/mol. The maximum absolute atomic E-state index is 12.8. The second-order valence-corrected chi connectivity index (χ2v) is 6.44. The minimum Gasteiger partial charge on any atom is -0.323 e. The highest BCUT2D eigenvalue weighted by atomic mass is 16.2. The number of urea groups is 1. The Balaban J connectivity index is 1.72. The van der Waals surface area contributed by atoms with Gasteiger partial charge in [0.05, 0.1) is 6.67 Å². The molecule has 2 saturated carbocycles. The van der Waals surface area contributed by atoms with E-state index < -0.39 is 5.54 Å². The molecule has 0 bridgehead atoms. The molecular formula is C15H25N3O2. The van der Waals surface area contributed by atoms with Gasteiger partial charge in [-0.1, -0.05) is 32.6 Å². The van der Waals surface area contributed by atoms with Crippen molar-refractivity contribution in [2.75, 3.05) is 13.2 Å². The molecule has 1 heterocycles. The summed E-state index contributed by atoms with van der Waals surface area (Å²) in [6.07, 6.45) is 8.45. The van der Waals surface area contributed by atoms with Crippen molar-refractivity contribution in [3.8, 4) is 0 Å². The third-order valence-corrected chi connectivity index (χ3v) is 5.00. The lowest BCUT2D eigenvalue weighted by atomic mass is 9.90. The number of amides is 3. The number of nitrogens with zero attached hydrogens (tertiary/aromatic N) is 2. The second-order valence-electron chi connectivity index (χ2n) is 6.44. The van der Waals surface area contributed by atoms with Crippen molar-refractivity contribution in [2.24, 2.45) is 0 Å². The van der Waals surface area contributed by atoms with E-state index in [0.29, 0.717) is 12.7 Å². The van der Waals surface area contributed by atoms with Crippen LogP contribution < -0.4 is 5.32 Å². The SMILES string of the molecule is CCN(CN1C(=O)NC2(CCCCCC2)C1=O)C1CC1. The molecule has 1 aliphatic heterocycles. The minimum absolute atomic E-state index is 0.0171. The second kappa shape index (κ2) is 5.35. The molecule has 3 fully saturated rings. The van der Waals surface area contributed by atoms with Gasteiger partial charge < -0.3 is 5.32 Å². The van der Waals surface area contributed by atoms with Gasteiger partial charge >= 0.3 is 6.03 Å². The van der Waals surface area contributed by atoms with E-state index in [-0.39, 0.29) is 11.9 Å². The molecule has 112 valence electrons. The number of rotatable bonds is 4. The third-order valence-electron chi connectivity index (χ3n) is 5.00. The Morgan fingerprint density at radius 3 is 2.40 bits per heavy atom. The van der Waals surface area contributed by atoms with Crippen LogP contribution in [0.1, 0.15) is 58.3 Å². The lowest BCUT2D eigenvalue weighted by Gasteiger charge is -2.27. The fourth-order valence-corrected chi connectivity index (χ4v) is 3.57. The number of hydrogen-bond acceptors (Lipinski definition) is 3. The quantitative estimate of drug-likeness (QED) is 0.802. The van der Waals surface area contributed by atoms with E-state index in [1.54, 1.807) is 0 Å². The standard InChI is InChI=1S/C15H25N3O2/c1-2-17(12-7-8-12)11-18-13(19)15(16-14(18)20)9-5-3-4-6-10-15/h12H,2-11H2,1H3,(H,16,20). The number of imide groups is 1. The zero-order valence-corrected chi connectivity index (χ0v) is 12.4. The molecule has 5 heteroatoms. The molecule has 0 radical (unpaired) electrons. The van der Waals surface area contributed by atoms with Crippen LogP contribution >= 0.6 is 0 Å². The van der Waals surface area contributed by atoms with E-state index >= 15 is 0 Å². The van der Waals surface area contributed by atoms with Crippen molar-refractivity contribution in [1.82, 2.24) is 15.1 Å². The maximum atomic E-state index is 12.8. The van der Waals surface area contributed by atoms with Crippen LogP contribution in [0, 0.1) is 0 Å². The molecule has 0 aromatic carbocycles. The van der Waals surface area contributed by atoms with Gasteiger partial charge in [0.25, 0.3) is 5.91 Å². The minimum atomic E-state index is -0.587. The summed E-state index contributed by atoms with van der Waals surface area (Å²) in [7, 11) is 0. The fourth-order valence-electron chi connectivity index (χ4n) is 3.57. The van der Waals surface area contributed by atoms with E-state index in [9.17, 15) is 9.59 Å². The van der Waals surface area contributed by atoms with Crippen LogP contribution in [0.5, 0.6) is 0 Å². The van der Waals surface area contributed by atoms with E-state index in [1.165, 1.54) is 30.6 Å². The largest absolute Gasteiger partial charge is 0.326 e. The van der Waals surface area contributed by atoms with Gasteiger partial charge in [-0.05, 0) is 32.2 Å². The molecule has 0 aromatic heterocycles. The lowest BCUT2D eigenvalue weighted by Crippen LogP contribution is -2.47. The Labute approximate surface area is 120 Å². The molecular weight excluding hydrogens is 254 g/mol. The highest BCUT2D eigenvalue weighted by molar-refractivity contribution is 6.07. The zero-order chi connectivity index (χ0) is 14.2. The van der Waals surface area contributed by atoms with Crippen LogP contribution in [0.2, 0.25) is 0 Å². The summed E-state index contributed by atoms with van der Waals surface area (Å²) in [5.74, 6) is 0.0171. The van der Waals surface area contributed by atoms with Gasteiger partial charge in [0, 0.05) is 6.04 Å². The van der Waals surface area contributed by atoms with E-state index in [2.05, 4.69) is 17.1 Å². The molecule has 0 atom stereocenters. The summed E-state index contributed by atoms with van der Waals surface area (Å²) >= 11 is 0. The van der Waals surface area contributed by atoms with Gasteiger partial charge in [0.2, 0.25) is 0 Å². The lowest BCUT2D eigenvalue weighted by molar-refractivity contribution is -0.133. The topological polar surface area (TPSA) is 52.6 Å². The van der Waals surface area contributed by atoms with Crippen LogP contribution in [0.4, 0.5) is 4.79 Å². The molecule has 0 unspecified atom stereocenters. The van der Waals surface area contributed by atoms with Gasteiger partial charge in [0.15, 0.2) is 0 Å². The van der Waals surface area contributed by atoms with Crippen LogP contribution in [0.25, 0.3) is 0 Å². The van der Waals surface area contributed by atoms with Crippen molar-refractivity contribution in [3.05, 3.63) is 0 Å². The molecule has 1 N–H and O–H groups in total. The van der Waals surface area contributed by atoms with E-state index in [0.717, 1.165) is 32.2 Å². The number of carbonyl (C=O) groups is 2. The Morgan fingerprint density at radius 1 is 1.20 bits per heavy atom. The van der Waals surface area contributed by atoms with Crippen molar-refractivity contribution in [1.29, 1.82) is 0 Å². The summed E-state index contributed by atoms with van der Waals surface area (Å²) < 4.78 is 0. The molecule has 2 aliphatic carbocycles. The summed E-state index contributed by atoms with van der Waals surface area (Å²) in [5.41, 5.74) is -0.587. The molecule has 3 aliphatic rings. The Hall–Kier alpha value is -1.10. The van der Waals surface area contributed by atoms with Crippen LogP contribution in [0.3, 0.4) is 0 Å². The predicted molar refractivity (Wildman–Crippen MR) is 76.1 cm³/mol. The van der Waals surface area contributed by atoms with Crippen molar-refractivity contribution >= 4 is 11.9 Å². The smallest absolute Gasteiger partial charge is 0.323 e. The average Bonchev–Trinajstić information content (AvgIpc) is 3.24. The van der Waals surface area contributed by atoms with Gasteiger partial charge in [0.1, 0.15) is 5.54 Å². The van der Waals surface area contributed by atoms with Crippen molar-refractivity contribution < 1.29 is 9.59 Å². The van der Waals surface area contributed by atoms with E-state index in [4.69, 9.17) is 0 Å². The third kappa shape index (κ3) is 2.43. The zero-order valence-electron chi connectivity index (χ0n) is 12.4. The first-order valence-electron chi connectivity index (χ1n) is 8.04. The van der Waals surface area contributed by atoms with Gasteiger partial charge in [-0.15, -0.1) is 0 Å². The molecule has 0 aromatic rings. The van der Waals surface area contributed by atoms with Crippen molar-refractivity contribution in [3.63, 3.8) is 0 Å². The highest BCUT2D eigenvalue weighted by Gasteiger charge is 2.51. The maximum Gasteiger partial charge on any atom is 0.326 e. The Morgan fingerprint density at radius 2 is 1.85 bits per heavy atom. The first-order chi connectivity index (χ1) is 9.66. The van der Waals surface area contributed by atoms with Gasteiger partial charge in [-0.2, -0.15) is 0 Å². The van der Waals surface area contributed by atoms with Crippen molar-refractivity contribution in [2.45, 2.75) is 69.9 Å². The number of carbonyl (C=O) groups excluding carboxylic acids is 2. The predicted octanol–water partition coefficient (Wildman–Crippen LogP) is 2.07.